The smallest absolute Gasteiger partial charge is 0.307 e. The Bertz CT molecular complexity index is 706. The quantitative estimate of drug-likeness (QED) is 0.590. The molecular formula is C12H10N2O. The van der Waals surface area contributed by atoms with E-state index in [2.05, 4.69) is 11.1 Å². The molecule has 0 saturated carbocycles. The van der Waals surface area contributed by atoms with Crippen molar-refractivity contribution in [3.05, 3.63) is 52.6 Å². The van der Waals surface area contributed by atoms with E-state index in [1.165, 1.54) is 5.56 Å². The van der Waals surface area contributed by atoms with E-state index in [4.69, 9.17) is 0 Å². The highest BCUT2D eigenvalue weighted by Crippen LogP contribution is 2.17. The van der Waals surface area contributed by atoms with Crippen molar-refractivity contribution in [2.75, 3.05) is 0 Å². The molecule has 0 fully saturated rings. The normalized spacial score (nSPS) is 11.3. The Morgan fingerprint density at radius 2 is 2.13 bits per heavy atom. The van der Waals surface area contributed by atoms with Gasteiger partial charge in [0.15, 0.2) is 0 Å². The monoisotopic (exact) mass is 198 g/mol. The fourth-order valence-electron chi connectivity index (χ4n) is 1.93. The second-order valence-corrected chi connectivity index (χ2v) is 3.74. The summed E-state index contributed by atoms with van der Waals surface area (Å²) in [6.45, 7) is 2.05. The second-order valence-electron chi connectivity index (χ2n) is 3.74. The van der Waals surface area contributed by atoms with Crippen LogP contribution in [-0.2, 0) is 0 Å². The summed E-state index contributed by atoms with van der Waals surface area (Å²) in [5.41, 5.74) is 2.94. The maximum absolute atomic E-state index is 11.6. The van der Waals surface area contributed by atoms with Crippen LogP contribution in [0.4, 0.5) is 0 Å². The third kappa shape index (κ3) is 1.09. The lowest BCUT2D eigenvalue weighted by Gasteiger charge is -2.02. The van der Waals surface area contributed by atoms with Gasteiger partial charge in [0.2, 0.25) is 0 Å². The highest BCUT2D eigenvalue weighted by atomic mass is 16.1. The lowest BCUT2D eigenvalue weighted by molar-refractivity contribution is 1.04. The van der Waals surface area contributed by atoms with Gasteiger partial charge in [0.05, 0.1) is 11.0 Å². The van der Waals surface area contributed by atoms with Crippen molar-refractivity contribution < 1.29 is 0 Å². The number of fused-ring (bicyclic) bond motifs is 3. The molecule has 0 spiro atoms. The van der Waals surface area contributed by atoms with Crippen molar-refractivity contribution in [3.63, 3.8) is 0 Å². The number of nitrogens with zero attached hydrogens (tertiary/aromatic N) is 1. The number of aryl methyl sites for hydroxylation is 1. The number of aromatic amines is 1. The van der Waals surface area contributed by atoms with Crippen LogP contribution >= 0.6 is 0 Å². The first-order valence-electron chi connectivity index (χ1n) is 4.85. The summed E-state index contributed by atoms with van der Waals surface area (Å²) in [4.78, 5) is 14.5. The van der Waals surface area contributed by atoms with Crippen LogP contribution in [0.25, 0.3) is 16.4 Å². The molecule has 0 amide bonds. The van der Waals surface area contributed by atoms with Crippen LogP contribution in [0.3, 0.4) is 0 Å². The van der Waals surface area contributed by atoms with Crippen LogP contribution < -0.4 is 5.69 Å². The van der Waals surface area contributed by atoms with Gasteiger partial charge in [-0.25, -0.2) is 4.79 Å². The molecule has 0 bridgehead atoms. The molecular weight excluding hydrogens is 188 g/mol. The molecule has 2 aromatic heterocycles. The van der Waals surface area contributed by atoms with Crippen LogP contribution in [0.15, 0.2) is 41.3 Å². The van der Waals surface area contributed by atoms with Crippen molar-refractivity contribution in [2.45, 2.75) is 6.92 Å². The van der Waals surface area contributed by atoms with Crippen molar-refractivity contribution in [2.24, 2.45) is 0 Å². The number of aromatic nitrogens is 2. The lowest BCUT2D eigenvalue weighted by Crippen LogP contribution is -2.14. The molecule has 3 rings (SSSR count). The van der Waals surface area contributed by atoms with Crippen LogP contribution in [0.1, 0.15) is 5.56 Å². The standard InChI is InChI=1S/C12H10N2O/c1-8-4-5-10-9(7-8)11-3-2-6-14(11)12(15)13-10/h2-7H,1H3,(H,13,15). The zero-order valence-electron chi connectivity index (χ0n) is 8.32. The summed E-state index contributed by atoms with van der Waals surface area (Å²) in [5.74, 6) is 0. The Labute approximate surface area is 86.0 Å². The average molecular weight is 198 g/mol. The molecule has 0 unspecified atom stereocenters. The van der Waals surface area contributed by atoms with Crippen molar-refractivity contribution in [1.82, 2.24) is 9.38 Å². The summed E-state index contributed by atoms with van der Waals surface area (Å²) in [6, 6.07) is 9.86. The molecule has 0 aliphatic rings. The van der Waals surface area contributed by atoms with E-state index in [9.17, 15) is 4.79 Å². The predicted octanol–water partition coefficient (Wildman–Crippen LogP) is 2.09. The molecule has 3 nitrogen and oxygen atoms in total. The highest BCUT2D eigenvalue weighted by molar-refractivity contribution is 5.93. The molecule has 1 N–H and O–H groups in total. The van der Waals surface area contributed by atoms with E-state index in [0.29, 0.717) is 0 Å². The summed E-state index contributed by atoms with van der Waals surface area (Å²) in [7, 11) is 0. The van der Waals surface area contributed by atoms with E-state index in [0.717, 1.165) is 16.4 Å². The first-order valence-corrected chi connectivity index (χ1v) is 4.85. The van der Waals surface area contributed by atoms with Crippen molar-refractivity contribution in [1.29, 1.82) is 0 Å². The van der Waals surface area contributed by atoms with Crippen LogP contribution in [0.5, 0.6) is 0 Å². The molecule has 0 aliphatic carbocycles. The van der Waals surface area contributed by atoms with Crippen LogP contribution in [0.2, 0.25) is 0 Å². The van der Waals surface area contributed by atoms with Gasteiger partial charge in [0, 0.05) is 11.6 Å². The van der Waals surface area contributed by atoms with Gasteiger partial charge < -0.3 is 4.98 Å². The van der Waals surface area contributed by atoms with Gasteiger partial charge in [-0.3, -0.25) is 4.40 Å². The third-order valence-corrected chi connectivity index (χ3v) is 2.66. The summed E-state index contributed by atoms with van der Waals surface area (Å²) in [6.07, 6.45) is 1.77. The van der Waals surface area contributed by atoms with E-state index in [1.807, 2.05) is 31.2 Å². The Morgan fingerprint density at radius 3 is 3.00 bits per heavy atom. The van der Waals surface area contributed by atoms with Gasteiger partial charge in [-0.2, -0.15) is 0 Å². The number of H-pyrrole nitrogens is 1. The SMILES string of the molecule is Cc1ccc2[nH]c(=O)n3cccc3c2c1. The van der Waals surface area contributed by atoms with Crippen LogP contribution in [0, 0.1) is 6.92 Å². The second kappa shape index (κ2) is 2.73. The molecule has 15 heavy (non-hydrogen) atoms. The summed E-state index contributed by atoms with van der Waals surface area (Å²) < 4.78 is 1.63. The first-order chi connectivity index (χ1) is 7.25. The first kappa shape index (κ1) is 8.29. The van der Waals surface area contributed by atoms with Crippen molar-refractivity contribution >= 4 is 16.4 Å². The minimum absolute atomic E-state index is 0.0913. The third-order valence-electron chi connectivity index (χ3n) is 2.66. The molecule has 74 valence electrons. The largest absolute Gasteiger partial charge is 0.330 e. The fourth-order valence-corrected chi connectivity index (χ4v) is 1.93. The Hall–Kier alpha value is -2.03. The molecule has 2 heterocycles. The van der Waals surface area contributed by atoms with Crippen molar-refractivity contribution in [3.8, 4) is 0 Å². The maximum Gasteiger partial charge on any atom is 0.330 e. The number of nitrogens with one attached hydrogen (secondary N) is 1. The average Bonchev–Trinajstić information content (AvgIpc) is 2.69. The molecule has 0 radical (unpaired) electrons. The number of benzene rings is 1. The molecule has 0 atom stereocenters. The van der Waals surface area contributed by atoms with E-state index < -0.39 is 0 Å². The molecule has 3 aromatic rings. The van der Waals surface area contributed by atoms with Gasteiger partial charge in [0.25, 0.3) is 0 Å². The Morgan fingerprint density at radius 1 is 1.27 bits per heavy atom. The molecule has 0 aliphatic heterocycles. The van der Waals surface area contributed by atoms with E-state index in [1.54, 1.807) is 10.6 Å². The minimum atomic E-state index is -0.0913. The fraction of sp³-hybridized carbons (Fsp3) is 0.0833. The topological polar surface area (TPSA) is 37.3 Å². The Kier molecular flexibility index (Phi) is 1.51. The van der Waals surface area contributed by atoms with Gasteiger partial charge >= 0.3 is 5.69 Å². The molecule has 1 aromatic carbocycles. The van der Waals surface area contributed by atoms with E-state index >= 15 is 0 Å². The van der Waals surface area contributed by atoms with Gasteiger partial charge in [0.1, 0.15) is 0 Å². The number of rotatable bonds is 0. The zero-order chi connectivity index (χ0) is 10.4. The number of hydrogen-bond donors (Lipinski definition) is 1. The number of hydrogen-bond acceptors (Lipinski definition) is 1. The Balaban J connectivity index is 2.67. The minimum Gasteiger partial charge on any atom is -0.307 e. The molecule has 3 heteroatoms. The lowest BCUT2D eigenvalue weighted by atomic mass is 10.1. The summed E-state index contributed by atoms with van der Waals surface area (Å²) in [5, 5.41) is 1.08. The van der Waals surface area contributed by atoms with Gasteiger partial charge in [-0.1, -0.05) is 11.6 Å². The van der Waals surface area contributed by atoms with E-state index in [-0.39, 0.29) is 5.69 Å². The van der Waals surface area contributed by atoms with Crippen LogP contribution in [-0.4, -0.2) is 9.38 Å². The highest BCUT2D eigenvalue weighted by Gasteiger charge is 2.03. The van der Waals surface area contributed by atoms with Gasteiger partial charge in [-0.05, 0) is 31.2 Å². The van der Waals surface area contributed by atoms with Gasteiger partial charge in [-0.15, -0.1) is 0 Å². The molecule has 0 saturated heterocycles. The maximum atomic E-state index is 11.6. The summed E-state index contributed by atoms with van der Waals surface area (Å²) >= 11 is 0. The zero-order valence-corrected chi connectivity index (χ0v) is 8.32. The predicted molar refractivity (Wildman–Crippen MR) is 60.3 cm³/mol.